The summed E-state index contributed by atoms with van der Waals surface area (Å²) in [5.41, 5.74) is 0.566. The van der Waals surface area contributed by atoms with Crippen molar-refractivity contribution < 1.29 is 9.18 Å². The first kappa shape index (κ1) is 12.3. The highest BCUT2D eigenvalue weighted by molar-refractivity contribution is 6.60. The molecule has 19 heavy (non-hydrogen) atoms. The Balaban J connectivity index is 2.23. The second-order valence-electron chi connectivity index (χ2n) is 3.93. The van der Waals surface area contributed by atoms with Gasteiger partial charge in [0.1, 0.15) is 5.82 Å². The molecule has 0 atom stereocenters. The SMILES string of the molecule is O=C1N(c2ncccn2)c2cc(F)ccc2C1(Cl)Cl. The molecular formula is C12H6Cl2FN3O. The Morgan fingerprint density at radius 3 is 2.58 bits per heavy atom. The van der Waals surface area contributed by atoms with Crippen molar-refractivity contribution in [2.75, 3.05) is 4.90 Å². The van der Waals surface area contributed by atoms with E-state index in [0.29, 0.717) is 5.56 Å². The molecule has 0 radical (unpaired) electrons. The predicted molar refractivity (Wildman–Crippen MR) is 69.0 cm³/mol. The zero-order valence-corrected chi connectivity index (χ0v) is 10.9. The summed E-state index contributed by atoms with van der Waals surface area (Å²) in [4.78, 5) is 21.3. The van der Waals surface area contributed by atoms with Gasteiger partial charge in [-0.1, -0.05) is 29.3 Å². The van der Waals surface area contributed by atoms with Crippen LogP contribution in [-0.2, 0) is 9.13 Å². The smallest absolute Gasteiger partial charge is 0.270 e. The van der Waals surface area contributed by atoms with E-state index in [-0.39, 0.29) is 11.6 Å². The number of carbonyl (C=O) groups excluding carboxylic acids is 1. The number of rotatable bonds is 1. The fourth-order valence-electron chi connectivity index (χ4n) is 1.93. The van der Waals surface area contributed by atoms with Gasteiger partial charge in [0.2, 0.25) is 10.3 Å². The molecule has 0 bridgehead atoms. The fraction of sp³-hybridized carbons (Fsp3) is 0.0833. The van der Waals surface area contributed by atoms with Gasteiger partial charge in [0, 0.05) is 18.0 Å². The molecule has 0 saturated heterocycles. The molecule has 1 aliphatic rings. The molecule has 1 amide bonds. The molecule has 1 aromatic heterocycles. The van der Waals surface area contributed by atoms with Crippen molar-refractivity contribution in [3.05, 3.63) is 48.0 Å². The normalized spacial score (nSPS) is 16.6. The molecule has 2 aromatic rings. The van der Waals surface area contributed by atoms with Crippen molar-refractivity contribution in [2.45, 2.75) is 4.33 Å². The molecule has 4 nitrogen and oxygen atoms in total. The Hall–Kier alpha value is -1.72. The van der Waals surface area contributed by atoms with Crippen LogP contribution < -0.4 is 4.90 Å². The lowest BCUT2D eigenvalue weighted by Gasteiger charge is -2.15. The number of benzene rings is 1. The summed E-state index contributed by atoms with van der Waals surface area (Å²) in [6, 6.07) is 5.35. The molecule has 0 spiro atoms. The topological polar surface area (TPSA) is 46.1 Å². The van der Waals surface area contributed by atoms with Gasteiger partial charge in [0.25, 0.3) is 5.91 Å². The van der Waals surface area contributed by atoms with Crippen LogP contribution in [-0.4, -0.2) is 15.9 Å². The fourth-order valence-corrected chi connectivity index (χ4v) is 2.41. The Morgan fingerprint density at radius 2 is 1.89 bits per heavy atom. The second-order valence-corrected chi connectivity index (χ2v) is 5.25. The third-order valence-electron chi connectivity index (χ3n) is 2.76. The minimum absolute atomic E-state index is 0.0996. The number of alkyl halides is 2. The maximum Gasteiger partial charge on any atom is 0.275 e. The average molecular weight is 298 g/mol. The number of fused-ring (bicyclic) bond motifs is 1. The number of aromatic nitrogens is 2. The van der Waals surface area contributed by atoms with Crippen LogP contribution in [0.4, 0.5) is 16.0 Å². The summed E-state index contributed by atoms with van der Waals surface area (Å²) < 4.78 is 11.6. The summed E-state index contributed by atoms with van der Waals surface area (Å²) in [5, 5.41) is 0. The van der Waals surface area contributed by atoms with Crippen LogP contribution in [0.5, 0.6) is 0 Å². The highest BCUT2D eigenvalue weighted by Gasteiger charge is 2.50. The van der Waals surface area contributed by atoms with Gasteiger partial charge in [-0.25, -0.2) is 19.3 Å². The summed E-state index contributed by atoms with van der Waals surface area (Å²) in [6.45, 7) is 0. The van der Waals surface area contributed by atoms with Crippen molar-refractivity contribution in [3.8, 4) is 0 Å². The standard InChI is InChI=1S/C12H6Cl2FN3O/c13-12(14)8-3-2-7(15)6-9(8)18(10(12)19)11-16-4-1-5-17-11/h1-6H. The minimum Gasteiger partial charge on any atom is -0.270 e. The van der Waals surface area contributed by atoms with E-state index < -0.39 is 16.1 Å². The lowest BCUT2D eigenvalue weighted by molar-refractivity contribution is -0.118. The number of hydrogen-bond donors (Lipinski definition) is 0. The van der Waals surface area contributed by atoms with Gasteiger partial charge in [-0.15, -0.1) is 0 Å². The first-order valence-electron chi connectivity index (χ1n) is 5.31. The Kier molecular flexibility index (Phi) is 2.69. The summed E-state index contributed by atoms with van der Waals surface area (Å²) >= 11 is 12.1. The second kappa shape index (κ2) is 4.15. The third-order valence-corrected chi connectivity index (χ3v) is 3.49. The average Bonchev–Trinajstić information content (AvgIpc) is 2.58. The van der Waals surface area contributed by atoms with E-state index in [9.17, 15) is 9.18 Å². The van der Waals surface area contributed by atoms with Crippen LogP contribution in [0, 0.1) is 5.82 Å². The number of hydrogen-bond acceptors (Lipinski definition) is 3. The lowest BCUT2D eigenvalue weighted by Crippen LogP contribution is -2.30. The molecule has 96 valence electrons. The maximum absolute atomic E-state index is 13.4. The molecule has 0 N–H and O–H groups in total. The molecule has 3 rings (SSSR count). The van der Waals surface area contributed by atoms with Gasteiger partial charge in [0.05, 0.1) is 5.69 Å². The van der Waals surface area contributed by atoms with Gasteiger partial charge in [-0.3, -0.25) is 4.79 Å². The van der Waals surface area contributed by atoms with E-state index in [2.05, 4.69) is 9.97 Å². The Bertz CT molecular complexity index is 663. The van der Waals surface area contributed by atoms with Gasteiger partial charge >= 0.3 is 0 Å². The van der Waals surface area contributed by atoms with E-state index in [0.717, 1.165) is 4.90 Å². The zero-order valence-electron chi connectivity index (χ0n) is 9.35. The van der Waals surface area contributed by atoms with E-state index in [1.165, 1.54) is 30.6 Å². The monoisotopic (exact) mass is 297 g/mol. The maximum atomic E-state index is 13.4. The van der Waals surface area contributed by atoms with E-state index >= 15 is 0 Å². The number of amides is 1. The van der Waals surface area contributed by atoms with E-state index in [4.69, 9.17) is 23.2 Å². The van der Waals surface area contributed by atoms with Crippen LogP contribution in [0.3, 0.4) is 0 Å². The van der Waals surface area contributed by atoms with Crippen LogP contribution in [0.1, 0.15) is 5.56 Å². The molecule has 7 heteroatoms. The highest BCUT2D eigenvalue weighted by atomic mass is 35.5. The number of carbonyl (C=O) groups is 1. The molecule has 0 saturated carbocycles. The highest BCUT2D eigenvalue weighted by Crippen LogP contribution is 2.49. The lowest BCUT2D eigenvalue weighted by atomic mass is 10.1. The van der Waals surface area contributed by atoms with Gasteiger partial charge in [0.15, 0.2) is 0 Å². The Morgan fingerprint density at radius 1 is 1.21 bits per heavy atom. The van der Waals surface area contributed by atoms with Crippen LogP contribution >= 0.6 is 23.2 Å². The zero-order chi connectivity index (χ0) is 13.6. The molecule has 1 aromatic carbocycles. The van der Waals surface area contributed by atoms with Gasteiger partial charge in [-0.2, -0.15) is 0 Å². The van der Waals surface area contributed by atoms with Gasteiger partial charge < -0.3 is 0 Å². The predicted octanol–water partition coefficient (Wildman–Crippen LogP) is 2.92. The molecule has 0 fully saturated rings. The minimum atomic E-state index is -1.76. The van der Waals surface area contributed by atoms with Crippen molar-refractivity contribution in [3.63, 3.8) is 0 Å². The number of nitrogens with zero attached hydrogens (tertiary/aromatic N) is 3. The van der Waals surface area contributed by atoms with Crippen molar-refractivity contribution in [2.24, 2.45) is 0 Å². The van der Waals surface area contributed by atoms with Crippen LogP contribution in [0.25, 0.3) is 0 Å². The first-order chi connectivity index (χ1) is 9.01. The Labute approximate surface area is 117 Å². The molecule has 2 heterocycles. The van der Waals surface area contributed by atoms with Gasteiger partial charge in [-0.05, 0) is 18.2 Å². The van der Waals surface area contributed by atoms with Crippen LogP contribution in [0.15, 0.2) is 36.7 Å². The third kappa shape index (κ3) is 1.77. The van der Waals surface area contributed by atoms with E-state index in [1.807, 2.05) is 0 Å². The first-order valence-corrected chi connectivity index (χ1v) is 6.07. The number of halogens is 3. The van der Waals surface area contributed by atoms with Crippen molar-refractivity contribution >= 4 is 40.7 Å². The largest absolute Gasteiger partial charge is 0.275 e. The molecular weight excluding hydrogens is 292 g/mol. The van der Waals surface area contributed by atoms with Crippen molar-refractivity contribution in [1.29, 1.82) is 0 Å². The summed E-state index contributed by atoms with van der Waals surface area (Å²) in [6.07, 6.45) is 2.94. The quantitative estimate of drug-likeness (QED) is 0.760. The van der Waals surface area contributed by atoms with Crippen molar-refractivity contribution in [1.82, 2.24) is 9.97 Å². The molecule has 0 aliphatic carbocycles. The van der Waals surface area contributed by atoms with E-state index in [1.54, 1.807) is 6.07 Å². The van der Waals surface area contributed by atoms with Crippen LogP contribution in [0.2, 0.25) is 0 Å². The molecule has 1 aliphatic heterocycles. The molecule has 0 unspecified atom stereocenters. The number of anilines is 2. The summed E-state index contributed by atoms with van der Waals surface area (Å²) in [7, 11) is 0. The summed E-state index contributed by atoms with van der Waals surface area (Å²) in [5.74, 6) is -1.02.